The molecule has 0 saturated heterocycles. The van der Waals surface area contributed by atoms with Gasteiger partial charge in [-0.25, -0.2) is 9.59 Å². The van der Waals surface area contributed by atoms with Crippen molar-refractivity contribution in [3.63, 3.8) is 0 Å². The Morgan fingerprint density at radius 1 is 0.943 bits per heavy atom. The lowest BCUT2D eigenvalue weighted by molar-refractivity contribution is -0.146. The molecule has 35 heavy (non-hydrogen) atoms. The molecule has 188 valence electrons. The molecule has 9 heteroatoms. The van der Waals surface area contributed by atoms with E-state index in [4.69, 9.17) is 14.2 Å². The quantitative estimate of drug-likeness (QED) is 0.382. The van der Waals surface area contributed by atoms with Crippen LogP contribution in [0.15, 0.2) is 48.5 Å². The molecule has 1 atom stereocenters. The second kappa shape index (κ2) is 13.7. The largest absolute Gasteiger partial charge is 0.466 e. The summed E-state index contributed by atoms with van der Waals surface area (Å²) in [5.74, 6) is -1.59. The molecule has 0 unspecified atom stereocenters. The Balaban J connectivity index is 2.05. The molecule has 2 rings (SSSR count). The van der Waals surface area contributed by atoms with Gasteiger partial charge >= 0.3 is 18.0 Å². The summed E-state index contributed by atoms with van der Waals surface area (Å²) in [6.07, 6.45) is -0.516. The first kappa shape index (κ1) is 27.4. The zero-order valence-electron chi connectivity index (χ0n) is 20.5. The minimum atomic E-state index is -0.998. The first-order valence-electron chi connectivity index (χ1n) is 11.4. The highest BCUT2D eigenvalue weighted by Crippen LogP contribution is 2.21. The second-order valence-corrected chi connectivity index (χ2v) is 7.72. The number of amides is 2. The van der Waals surface area contributed by atoms with E-state index in [-0.39, 0.29) is 32.7 Å². The van der Waals surface area contributed by atoms with E-state index in [1.54, 1.807) is 46.0 Å². The number of aryl methyl sites for hydroxylation is 1. The van der Waals surface area contributed by atoms with E-state index in [1.165, 1.54) is 4.90 Å². The molecule has 2 amide bonds. The summed E-state index contributed by atoms with van der Waals surface area (Å²) in [6, 6.07) is 13.1. The molecule has 0 spiro atoms. The third-order valence-electron chi connectivity index (χ3n) is 5.12. The van der Waals surface area contributed by atoms with Crippen LogP contribution in [0.4, 0.5) is 10.5 Å². The number of carbonyl (C=O) groups is 4. The molecular weight excluding hydrogens is 452 g/mol. The van der Waals surface area contributed by atoms with E-state index in [0.717, 1.165) is 5.56 Å². The number of carbonyl (C=O) groups excluding carboxylic acids is 4. The van der Waals surface area contributed by atoms with Gasteiger partial charge in [-0.15, -0.1) is 0 Å². The summed E-state index contributed by atoms with van der Waals surface area (Å²) >= 11 is 0. The second-order valence-electron chi connectivity index (χ2n) is 7.72. The summed E-state index contributed by atoms with van der Waals surface area (Å²) in [5.41, 5.74) is 2.40. The van der Waals surface area contributed by atoms with Crippen molar-refractivity contribution in [3.8, 4) is 0 Å². The monoisotopic (exact) mass is 484 g/mol. The number of nitrogens with zero attached hydrogens (tertiary/aromatic N) is 1. The molecule has 0 aliphatic heterocycles. The van der Waals surface area contributed by atoms with Gasteiger partial charge in [0.15, 0.2) is 0 Å². The average Bonchev–Trinajstić information content (AvgIpc) is 2.85. The fourth-order valence-corrected chi connectivity index (χ4v) is 3.32. The zero-order chi connectivity index (χ0) is 25.8. The van der Waals surface area contributed by atoms with Gasteiger partial charge in [0.2, 0.25) is 0 Å². The third-order valence-corrected chi connectivity index (χ3v) is 5.12. The van der Waals surface area contributed by atoms with Crippen molar-refractivity contribution in [1.29, 1.82) is 0 Å². The molecule has 2 aromatic rings. The molecule has 0 heterocycles. The minimum absolute atomic E-state index is 0.0363. The fraction of sp³-hybridized carbons (Fsp3) is 0.385. The summed E-state index contributed by atoms with van der Waals surface area (Å²) in [5, 5.41) is 2.63. The van der Waals surface area contributed by atoms with Crippen LogP contribution in [0.5, 0.6) is 0 Å². The predicted molar refractivity (Wildman–Crippen MR) is 130 cm³/mol. The molecule has 0 aliphatic carbocycles. The Morgan fingerprint density at radius 3 is 2.26 bits per heavy atom. The molecule has 2 aromatic carbocycles. The van der Waals surface area contributed by atoms with Crippen LogP contribution in [0, 0.1) is 6.92 Å². The van der Waals surface area contributed by atoms with Gasteiger partial charge in [-0.2, -0.15) is 0 Å². The van der Waals surface area contributed by atoms with Crippen LogP contribution in [0.2, 0.25) is 0 Å². The van der Waals surface area contributed by atoms with Crippen molar-refractivity contribution in [2.45, 2.75) is 46.3 Å². The fourth-order valence-electron chi connectivity index (χ4n) is 3.32. The first-order valence-corrected chi connectivity index (χ1v) is 11.4. The van der Waals surface area contributed by atoms with Crippen molar-refractivity contribution in [1.82, 2.24) is 5.32 Å². The highest BCUT2D eigenvalue weighted by Gasteiger charge is 2.24. The van der Waals surface area contributed by atoms with Crippen LogP contribution < -0.4 is 10.2 Å². The van der Waals surface area contributed by atoms with Crippen molar-refractivity contribution >= 4 is 29.6 Å². The van der Waals surface area contributed by atoms with Gasteiger partial charge in [0.05, 0.1) is 13.2 Å². The Bertz CT molecular complexity index is 1020. The predicted octanol–water partition coefficient (Wildman–Crippen LogP) is 3.77. The average molecular weight is 485 g/mol. The number of rotatable bonds is 11. The first-order chi connectivity index (χ1) is 16.8. The van der Waals surface area contributed by atoms with Crippen LogP contribution in [-0.4, -0.2) is 50.2 Å². The van der Waals surface area contributed by atoms with E-state index in [9.17, 15) is 19.2 Å². The van der Waals surface area contributed by atoms with Crippen molar-refractivity contribution in [2.75, 3.05) is 25.2 Å². The molecule has 0 aromatic heterocycles. The maximum Gasteiger partial charge on any atom is 0.414 e. The summed E-state index contributed by atoms with van der Waals surface area (Å²) < 4.78 is 15.3. The van der Waals surface area contributed by atoms with Crippen LogP contribution >= 0.6 is 0 Å². The molecule has 9 nitrogen and oxygen atoms in total. The number of hydrogen-bond acceptors (Lipinski definition) is 7. The molecule has 1 N–H and O–H groups in total. The lowest BCUT2D eigenvalue weighted by atomic mass is 10.1. The Kier molecular flexibility index (Phi) is 10.7. The van der Waals surface area contributed by atoms with Crippen molar-refractivity contribution in [2.24, 2.45) is 0 Å². The summed E-state index contributed by atoms with van der Waals surface area (Å²) in [7, 11) is 1.58. The molecule has 0 fully saturated rings. The molecule has 0 radical (unpaired) electrons. The highest BCUT2D eigenvalue weighted by molar-refractivity contribution is 5.98. The summed E-state index contributed by atoms with van der Waals surface area (Å²) in [6.45, 7) is 5.63. The number of esters is 2. The van der Waals surface area contributed by atoms with Gasteiger partial charge in [-0.3, -0.25) is 14.5 Å². The Labute approximate surface area is 205 Å². The maximum absolute atomic E-state index is 12.8. The van der Waals surface area contributed by atoms with Crippen LogP contribution in [0.25, 0.3) is 0 Å². The lowest BCUT2D eigenvalue weighted by Crippen LogP contribution is -2.42. The van der Waals surface area contributed by atoms with Crippen LogP contribution in [-0.2, 0) is 30.4 Å². The van der Waals surface area contributed by atoms with Gasteiger partial charge in [-0.1, -0.05) is 30.3 Å². The van der Waals surface area contributed by atoms with Gasteiger partial charge < -0.3 is 19.5 Å². The number of benzene rings is 2. The van der Waals surface area contributed by atoms with Gasteiger partial charge in [-0.05, 0) is 56.5 Å². The Morgan fingerprint density at radius 2 is 1.63 bits per heavy atom. The number of hydrogen-bond donors (Lipinski definition) is 1. The van der Waals surface area contributed by atoms with Crippen molar-refractivity contribution < 1.29 is 33.4 Å². The third kappa shape index (κ3) is 8.44. The van der Waals surface area contributed by atoms with Crippen LogP contribution in [0.1, 0.15) is 48.2 Å². The smallest absolute Gasteiger partial charge is 0.414 e. The van der Waals surface area contributed by atoms with Crippen molar-refractivity contribution in [3.05, 3.63) is 65.2 Å². The van der Waals surface area contributed by atoms with E-state index in [2.05, 4.69) is 5.32 Å². The van der Waals surface area contributed by atoms with E-state index in [1.807, 2.05) is 30.3 Å². The topological polar surface area (TPSA) is 111 Å². The minimum Gasteiger partial charge on any atom is -0.466 e. The van der Waals surface area contributed by atoms with Gasteiger partial charge in [0.25, 0.3) is 5.91 Å². The molecular formula is C26H32N2O7. The summed E-state index contributed by atoms with van der Waals surface area (Å²) in [4.78, 5) is 50.6. The van der Waals surface area contributed by atoms with Crippen LogP contribution in [0.3, 0.4) is 0 Å². The van der Waals surface area contributed by atoms with E-state index in [0.29, 0.717) is 16.8 Å². The lowest BCUT2D eigenvalue weighted by Gasteiger charge is -2.20. The highest BCUT2D eigenvalue weighted by atomic mass is 16.6. The van der Waals surface area contributed by atoms with E-state index >= 15 is 0 Å². The Hall–Kier alpha value is -3.88. The SMILES string of the molecule is CCOC(=O)CC[C@H](NC(=O)c1ccc(N(C)C(=O)OCc2ccccc2)c(C)c1)C(=O)OCC. The molecule has 0 bridgehead atoms. The van der Waals surface area contributed by atoms with Gasteiger partial charge in [0.1, 0.15) is 12.6 Å². The zero-order valence-corrected chi connectivity index (χ0v) is 20.5. The standard InChI is InChI=1S/C26H32N2O7/c1-5-33-23(29)15-13-21(25(31)34-6-2)27-24(30)20-12-14-22(18(3)16-20)28(4)26(32)35-17-19-10-8-7-9-11-19/h7-12,14,16,21H,5-6,13,15,17H2,1-4H3,(H,27,30)/t21-/m0/s1. The number of anilines is 1. The van der Waals surface area contributed by atoms with Gasteiger partial charge in [0, 0.05) is 24.7 Å². The number of nitrogens with one attached hydrogen (secondary N) is 1. The molecule has 0 saturated carbocycles. The maximum atomic E-state index is 12.8. The normalized spacial score (nSPS) is 11.2. The molecule has 0 aliphatic rings. The van der Waals surface area contributed by atoms with E-state index < -0.39 is 30.0 Å². The number of ether oxygens (including phenoxy) is 3.